The minimum atomic E-state index is -0.335. The molecular weight excluding hydrogens is 330 g/mol. The summed E-state index contributed by atoms with van der Waals surface area (Å²) in [5.41, 5.74) is 2.43. The van der Waals surface area contributed by atoms with Crippen molar-refractivity contribution < 1.29 is 4.79 Å². The number of carbonyl (C=O) groups is 1. The number of carbonyl (C=O) groups excluding carboxylic acids is 1. The van der Waals surface area contributed by atoms with Gasteiger partial charge in [-0.05, 0) is 38.5 Å². The Hall–Kier alpha value is -3.22. The summed E-state index contributed by atoms with van der Waals surface area (Å²) in [6.45, 7) is 5.54. The van der Waals surface area contributed by atoms with Crippen LogP contribution in [0.15, 0.2) is 53.3 Å². The summed E-state index contributed by atoms with van der Waals surface area (Å²) < 4.78 is 2.80. The molecule has 0 radical (unpaired) electrons. The Morgan fingerprint density at radius 1 is 1.12 bits per heavy atom. The maximum absolute atomic E-state index is 12.3. The number of hydrogen-bond acceptors (Lipinski definition) is 4. The summed E-state index contributed by atoms with van der Waals surface area (Å²) in [6, 6.07) is 14.4. The Balaban J connectivity index is 1.77. The van der Waals surface area contributed by atoms with Crippen LogP contribution in [0, 0.1) is 13.8 Å². The molecule has 26 heavy (non-hydrogen) atoms. The van der Waals surface area contributed by atoms with E-state index in [2.05, 4.69) is 15.5 Å². The number of aromatic nitrogens is 4. The SMILES string of the molecule is Cc1cc(C)n(-c2ccc(=O)n(CC(=O)NC(C)c3ccccc3)n2)n1. The molecule has 3 aromatic rings. The molecular formula is C19H21N5O2. The Morgan fingerprint density at radius 3 is 2.50 bits per heavy atom. The average Bonchev–Trinajstić information content (AvgIpc) is 2.96. The van der Waals surface area contributed by atoms with Crippen LogP contribution in [0.1, 0.15) is 29.9 Å². The van der Waals surface area contributed by atoms with Crippen LogP contribution < -0.4 is 10.9 Å². The molecule has 134 valence electrons. The highest BCUT2D eigenvalue weighted by atomic mass is 16.2. The lowest BCUT2D eigenvalue weighted by molar-refractivity contribution is -0.122. The van der Waals surface area contributed by atoms with Gasteiger partial charge >= 0.3 is 0 Å². The first-order valence-corrected chi connectivity index (χ1v) is 8.40. The highest BCUT2D eigenvalue weighted by molar-refractivity contribution is 5.76. The molecule has 2 aromatic heterocycles. The fourth-order valence-corrected chi connectivity index (χ4v) is 2.77. The van der Waals surface area contributed by atoms with Crippen molar-refractivity contribution in [2.24, 2.45) is 0 Å². The zero-order valence-electron chi connectivity index (χ0n) is 15.0. The maximum atomic E-state index is 12.3. The molecule has 1 N–H and O–H groups in total. The van der Waals surface area contributed by atoms with E-state index in [0.29, 0.717) is 5.82 Å². The zero-order valence-corrected chi connectivity index (χ0v) is 15.0. The normalized spacial score (nSPS) is 12.0. The number of nitrogens with zero attached hydrogens (tertiary/aromatic N) is 4. The molecule has 0 saturated heterocycles. The molecule has 7 nitrogen and oxygen atoms in total. The van der Waals surface area contributed by atoms with E-state index in [-0.39, 0.29) is 24.1 Å². The smallest absolute Gasteiger partial charge is 0.267 e. The highest BCUT2D eigenvalue weighted by Gasteiger charge is 2.13. The first-order valence-electron chi connectivity index (χ1n) is 8.40. The molecule has 3 rings (SSSR count). The lowest BCUT2D eigenvalue weighted by Gasteiger charge is -2.15. The van der Waals surface area contributed by atoms with Gasteiger partial charge in [-0.25, -0.2) is 9.36 Å². The second kappa shape index (κ2) is 7.35. The molecule has 1 unspecified atom stereocenters. The van der Waals surface area contributed by atoms with Crippen LogP contribution in [0.2, 0.25) is 0 Å². The summed E-state index contributed by atoms with van der Waals surface area (Å²) in [7, 11) is 0. The largest absolute Gasteiger partial charge is 0.348 e. The summed E-state index contributed by atoms with van der Waals surface area (Å²) >= 11 is 0. The van der Waals surface area contributed by atoms with Crippen molar-refractivity contribution in [3.8, 4) is 5.82 Å². The van der Waals surface area contributed by atoms with Gasteiger partial charge < -0.3 is 5.32 Å². The second-order valence-electron chi connectivity index (χ2n) is 6.23. The van der Waals surface area contributed by atoms with Crippen LogP contribution in [-0.4, -0.2) is 25.5 Å². The summed E-state index contributed by atoms with van der Waals surface area (Å²) in [6.07, 6.45) is 0. The topological polar surface area (TPSA) is 81.8 Å². The van der Waals surface area contributed by atoms with E-state index in [0.717, 1.165) is 21.6 Å². The number of nitrogens with one attached hydrogen (secondary N) is 1. The molecule has 0 bridgehead atoms. The molecule has 0 aliphatic carbocycles. The number of hydrogen-bond donors (Lipinski definition) is 1. The van der Waals surface area contributed by atoms with Crippen molar-refractivity contribution in [1.82, 2.24) is 24.9 Å². The van der Waals surface area contributed by atoms with Gasteiger partial charge in [0.05, 0.1) is 11.7 Å². The predicted octanol–water partition coefficient (Wildman–Crippen LogP) is 1.92. The minimum Gasteiger partial charge on any atom is -0.348 e. The number of amides is 1. The van der Waals surface area contributed by atoms with Crippen LogP contribution in [0.25, 0.3) is 5.82 Å². The van der Waals surface area contributed by atoms with Crippen molar-refractivity contribution in [3.05, 3.63) is 75.8 Å². The minimum absolute atomic E-state index is 0.150. The maximum Gasteiger partial charge on any atom is 0.267 e. The van der Waals surface area contributed by atoms with Crippen molar-refractivity contribution in [3.63, 3.8) is 0 Å². The van der Waals surface area contributed by atoms with Crippen LogP contribution in [-0.2, 0) is 11.3 Å². The number of rotatable bonds is 5. The van der Waals surface area contributed by atoms with Gasteiger partial charge in [-0.15, -0.1) is 5.10 Å². The van der Waals surface area contributed by atoms with Gasteiger partial charge in [0, 0.05) is 11.8 Å². The predicted molar refractivity (Wildman–Crippen MR) is 98.1 cm³/mol. The Morgan fingerprint density at radius 2 is 1.85 bits per heavy atom. The third-order valence-electron chi connectivity index (χ3n) is 4.05. The van der Waals surface area contributed by atoms with Gasteiger partial charge in [0.2, 0.25) is 5.91 Å². The summed E-state index contributed by atoms with van der Waals surface area (Å²) in [5, 5.41) is 11.5. The van der Waals surface area contributed by atoms with Gasteiger partial charge in [-0.3, -0.25) is 9.59 Å². The third-order valence-corrected chi connectivity index (χ3v) is 4.05. The first kappa shape index (κ1) is 17.6. The van der Waals surface area contributed by atoms with Gasteiger partial charge in [-0.2, -0.15) is 5.10 Å². The van der Waals surface area contributed by atoms with E-state index in [1.54, 1.807) is 10.7 Å². The third kappa shape index (κ3) is 3.88. The van der Waals surface area contributed by atoms with E-state index in [4.69, 9.17) is 0 Å². The fraction of sp³-hybridized carbons (Fsp3) is 0.263. The Kier molecular flexibility index (Phi) is 4.97. The molecule has 0 aliphatic rings. The first-order chi connectivity index (χ1) is 12.4. The van der Waals surface area contributed by atoms with Crippen molar-refractivity contribution in [2.75, 3.05) is 0 Å². The zero-order chi connectivity index (χ0) is 18.7. The molecule has 0 aliphatic heterocycles. The lowest BCUT2D eigenvalue weighted by Crippen LogP contribution is -2.35. The van der Waals surface area contributed by atoms with E-state index in [9.17, 15) is 9.59 Å². The Labute approximate surface area is 151 Å². The van der Waals surface area contributed by atoms with E-state index < -0.39 is 0 Å². The van der Waals surface area contributed by atoms with Crippen molar-refractivity contribution in [2.45, 2.75) is 33.4 Å². The molecule has 2 heterocycles. The Bertz CT molecular complexity index is 975. The molecule has 7 heteroatoms. The quantitative estimate of drug-likeness (QED) is 0.761. The van der Waals surface area contributed by atoms with Crippen molar-refractivity contribution in [1.29, 1.82) is 0 Å². The molecule has 0 spiro atoms. The molecule has 1 aromatic carbocycles. The van der Waals surface area contributed by atoms with Crippen LogP contribution in [0.3, 0.4) is 0 Å². The van der Waals surface area contributed by atoms with E-state index in [1.165, 1.54) is 6.07 Å². The van der Waals surface area contributed by atoms with Crippen LogP contribution in [0.4, 0.5) is 0 Å². The fourth-order valence-electron chi connectivity index (χ4n) is 2.77. The van der Waals surface area contributed by atoms with Gasteiger partial charge in [0.1, 0.15) is 6.54 Å². The average molecular weight is 351 g/mol. The summed E-state index contributed by atoms with van der Waals surface area (Å²) in [5.74, 6) is 0.223. The van der Waals surface area contributed by atoms with Gasteiger partial charge in [0.15, 0.2) is 5.82 Å². The highest BCUT2D eigenvalue weighted by Crippen LogP contribution is 2.11. The van der Waals surface area contributed by atoms with Gasteiger partial charge in [0.25, 0.3) is 5.56 Å². The van der Waals surface area contributed by atoms with E-state index >= 15 is 0 Å². The molecule has 1 atom stereocenters. The number of benzene rings is 1. The molecule has 1 amide bonds. The second-order valence-corrected chi connectivity index (χ2v) is 6.23. The van der Waals surface area contributed by atoms with Crippen LogP contribution in [0.5, 0.6) is 0 Å². The standard InChI is InChI=1S/C19H21N5O2/c1-13-11-14(2)24(21-13)17-9-10-19(26)23(22-17)12-18(25)20-15(3)16-7-5-4-6-8-16/h4-11,15H,12H2,1-3H3,(H,20,25). The lowest BCUT2D eigenvalue weighted by atomic mass is 10.1. The number of aryl methyl sites for hydroxylation is 2. The van der Waals surface area contributed by atoms with Crippen molar-refractivity contribution >= 4 is 5.91 Å². The molecule has 0 fully saturated rings. The monoisotopic (exact) mass is 351 g/mol. The van der Waals surface area contributed by atoms with Gasteiger partial charge in [-0.1, -0.05) is 30.3 Å². The summed E-state index contributed by atoms with van der Waals surface area (Å²) in [4.78, 5) is 24.4. The molecule has 0 saturated carbocycles. The van der Waals surface area contributed by atoms with E-state index in [1.807, 2.05) is 57.2 Å². The van der Waals surface area contributed by atoms with Crippen LogP contribution >= 0.6 is 0 Å².